The van der Waals surface area contributed by atoms with E-state index < -0.39 is 10.0 Å². The summed E-state index contributed by atoms with van der Waals surface area (Å²) in [6, 6.07) is 13.9. The number of nitrogens with one attached hydrogen (secondary N) is 2. The van der Waals surface area contributed by atoms with Gasteiger partial charge in [-0.3, -0.25) is 4.79 Å². The third-order valence-electron chi connectivity index (χ3n) is 5.18. The molecule has 3 rings (SSSR count). The predicted molar refractivity (Wildman–Crippen MR) is 111 cm³/mol. The Balaban J connectivity index is 1.65. The maximum absolute atomic E-state index is 12.6. The molecule has 7 heteroatoms. The number of fused-ring (bicyclic) bond motifs is 1. The summed E-state index contributed by atoms with van der Waals surface area (Å²) in [7, 11) is -3.68. The molecule has 0 saturated heterocycles. The lowest BCUT2D eigenvalue weighted by atomic mass is 9.89. The van der Waals surface area contributed by atoms with Crippen molar-refractivity contribution in [3.05, 3.63) is 64.7 Å². The summed E-state index contributed by atoms with van der Waals surface area (Å²) in [5.41, 5.74) is 4.23. The maximum atomic E-state index is 12.6. The van der Waals surface area contributed by atoms with Crippen LogP contribution in [-0.2, 0) is 22.9 Å². The Bertz CT molecular complexity index is 1020. The summed E-state index contributed by atoms with van der Waals surface area (Å²) in [6.07, 6.45) is 4.75. The molecule has 0 bridgehead atoms. The van der Waals surface area contributed by atoms with Crippen LogP contribution in [0.25, 0.3) is 0 Å². The van der Waals surface area contributed by atoms with Gasteiger partial charge in [-0.15, -0.1) is 0 Å². The highest BCUT2D eigenvalue weighted by molar-refractivity contribution is 7.89. The van der Waals surface area contributed by atoms with Crippen molar-refractivity contribution in [2.45, 2.75) is 50.0 Å². The van der Waals surface area contributed by atoms with E-state index >= 15 is 0 Å². The van der Waals surface area contributed by atoms with Gasteiger partial charge in [0.1, 0.15) is 0 Å². The molecule has 0 spiro atoms. The summed E-state index contributed by atoms with van der Waals surface area (Å²) in [6.45, 7) is 2.00. The third kappa shape index (κ3) is 5.22. The van der Waals surface area contributed by atoms with E-state index in [1.165, 1.54) is 48.2 Å². The van der Waals surface area contributed by atoms with Crippen molar-refractivity contribution in [2.75, 3.05) is 6.54 Å². The zero-order valence-electron chi connectivity index (χ0n) is 16.4. The molecule has 1 aliphatic rings. The van der Waals surface area contributed by atoms with E-state index in [0.717, 1.165) is 18.4 Å². The standard InChI is InChI=1S/C22H25N3O3S/c1-16(19-8-7-17-5-2-3-6-20(17)15-19)25-22(26)18-9-11-21(12-10-18)29(27,28)24-14-4-13-23/h7-12,15-16,24H,2-6,14H2,1H3,(H,25,26)/t16-/m1/s1. The van der Waals surface area contributed by atoms with Crippen molar-refractivity contribution in [1.29, 1.82) is 5.26 Å². The Kier molecular flexibility index (Phi) is 6.68. The number of sulfonamides is 1. The molecule has 0 heterocycles. The van der Waals surface area contributed by atoms with Crippen molar-refractivity contribution >= 4 is 15.9 Å². The minimum absolute atomic E-state index is 0.0549. The van der Waals surface area contributed by atoms with Crippen molar-refractivity contribution in [3.63, 3.8) is 0 Å². The molecule has 0 fully saturated rings. The summed E-state index contributed by atoms with van der Waals surface area (Å²) in [5, 5.41) is 11.5. The van der Waals surface area contributed by atoms with E-state index in [4.69, 9.17) is 5.26 Å². The van der Waals surface area contributed by atoms with E-state index in [2.05, 4.69) is 28.2 Å². The molecule has 0 aliphatic heterocycles. The monoisotopic (exact) mass is 411 g/mol. The summed E-state index contributed by atoms with van der Waals surface area (Å²) in [5.74, 6) is -0.253. The second-order valence-electron chi connectivity index (χ2n) is 7.26. The molecule has 2 aromatic carbocycles. The summed E-state index contributed by atoms with van der Waals surface area (Å²) < 4.78 is 26.6. The van der Waals surface area contributed by atoms with Crippen LogP contribution in [0.2, 0.25) is 0 Å². The molecule has 1 aliphatic carbocycles. The summed E-state index contributed by atoms with van der Waals surface area (Å²) >= 11 is 0. The highest BCUT2D eigenvalue weighted by Gasteiger charge is 2.17. The van der Waals surface area contributed by atoms with Crippen LogP contribution in [0.15, 0.2) is 47.4 Å². The normalized spacial score (nSPS) is 14.5. The fraction of sp³-hybridized carbons (Fsp3) is 0.364. The molecule has 0 saturated carbocycles. The maximum Gasteiger partial charge on any atom is 0.251 e. The van der Waals surface area contributed by atoms with Gasteiger partial charge in [0.05, 0.1) is 17.0 Å². The van der Waals surface area contributed by atoms with E-state index in [1.54, 1.807) is 0 Å². The molecular formula is C22H25N3O3S. The molecule has 0 unspecified atom stereocenters. The lowest BCUT2D eigenvalue weighted by Crippen LogP contribution is -2.27. The van der Waals surface area contributed by atoms with E-state index in [1.807, 2.05) is 13.0 Å². The molecule has 0 aromatic heterocycles. The van der Waals surface area contributed by atoms with Crippen LogP contribution in [0.5, 0.6) is 0 Å². The third-order valence-corrected chi connectivity index (χ3v) is 6.65. The zero-order valence-corrected chi connectivity index (χ0v) is 17.3. The highest BCUT2D eigenvalue weighted by Crippen LogP contribution is 2.25. The predicted octanol–water partition coefficient (Wildman–Crippen LogP) is 3.25. The van der Waals surface area contributed by atoms with Gasteiger partial charge in [0, 0.05) is 18.5 Å². The average Bonchev–Trinajstić information content (AvgIpc) is 2.73. The highest BCUT2D eigenvalue weighted by atomic mass is 32.2. The quantitative estimate of drug-likeness (QED) is 0.683. The first-order chi connectivity index (χ1) is 13.9. The molecule has 1 amide bonds. The van der Waals surface area contributed by atoms with E-state index in [-0.39, 0.29) is 29.8 Å². The number of carbonyl (C=O) groups excluding carboxylic acids is 1. The smallest absolute Gasteiger partial charge is 0.251 e. The van der Waals surface area contributed by atoms with Crippen molar-refractivity contribution in [1.82, 2.24) is 10.0 Å². The number of nitrogens with zero attached hydrogens (tertiary/aromatic N) is 1. The Hall–Kier alpha value is -2.69. The van der Waals surface area contributed by atoms with Crippen molar-refractivity contribution < 1.29 is 13.2 Å². The van der Waals surface area contributed by atoms with Gasteiger partial charge in [0.25, 0.3) is 5.91 Å². The van der Waals surface area contributed by atoms with Crippen LogP contribution in [-0.4, -0.2) is 20.9 Å². The fourth-order valence-corrected chi connectivity index (χ4v) is 4.53. The van der Waals surface area contributed by atoms with Gasteiger partial charge in [0.2, 0.25) is 10.0 Å². The lowest BCUT2D eigenvalue weighted by molar-refractivity contribution is 0.0939. The van der Waals surface area contributed by atoms with Crippen LogP contribution in [0, 0.1) is 11.3 Å². The van der Waals surface area contributed by atoms with E-state index in [9.17, 15) is 13.2 Å². The number of nitriles is 1. The second-order valence-corrected chi connectivity index (χ2v) is 9.03. The zero-order chi connectivity index (χ0) is 20.9. The fourth-order valence-electron chi connectivity index (χ4n) is 3.50. The number of benzene rings is 2. The molecule has 29 heavy (non-hydrogen) atoms. The van der Waals surface area contributed by atoms with E-state index in [0.29, 0.717) is 5.56 Å². The SMILES string of the molecule is C[C@@H](NC(=O)c1ccc(S(=O)(=O)NCCC#N)cc1)c1ccc2c(c1)CCCC2. The van der Waals surface area contributed by atoms with Crippen LogP contribution < -0.4 is 10.0 Å². The number of rotatable bonds is 7. The first-order valence-electron chi connectivity index (χ1n) is 9.80. The van der Waals surface area contributed by atoms with Gasteiger partial charge < -0.3 is 5.32 Å². The lowest BCUT2D eigenvalue weighted by Gasteiger charge is -2.20. The number of hydrogen-bond donors (Lipinski definition) is 2. The minimum atomic E-state index is -3.68. The number of hydrogen-bond acceptors (Lipinski definition) is 4. The van der Waals surface area contributed by atoms with Crippen LogP contribution in [0.4, 0.5) is 0 Å². The topological polar surface area (TPSA) is 99.1 Å². The largest absolute Gasteiger partial charge is 0.346 e. The van der Waals surface area contributed by atoms with Crippen LogP contribution >= 0.6 is 0 Å². The number of amides is 1. The van der Waals surface area contributed by atoms with Gasteiger partial charge in [-0.1, -0.05) is 18.2 Å². The Morgan fingerprint density at radius 3 is 2.48 bits per heavy atom. The molecule has 6 nitrogen and oxygen atoms in total. The van der Waals surface area contributed by atoms with Gasteiger partial charge in [0.15, 0.2) is 0 Å². The molecule has 2 N–H and O–H groups in total. The summed E-state index contributed by atoms with van der Waals surface area (Å²) in [4.78, 5) is 12.6. The van der Waals surface area contributed by atoms with Crippen molar-refractivity contribution in [2.24, 2.45) is 0 Å². The van der Waals surface area contributed by atoms with Crippen LogP contribution in [0.3, 0.4) is 0 Å². The van der Waals surface area contributed by atoms with Gasteiger partial charge >= 0.3 is 0 Å². The molecule has 0 radical (unpaired) electrons. The molecule has 152 valence electrons. The Morgan fingerprint density at radius 1 is 1.10 bits per heavy atom. The first-order valence-corrected chi connectivity index (χ1v) is 11.3. The molecule has 2 aromatic rings. The minimum Gasteiger partial charge on any atom is -0.346 e. The number of aryl methyl sites for hydroxylation is 2. The van der Waals surface area contributed by atoms with Gasteiger partial charge in [-0.05, 0) is 73.6 Å². The van der Waals surface area contributed by atoms with Crippen molar-refractivity contribution in [3.8, 4) is 6.07 Å². The Morgan fingerprint density at radius 2 is 1.79 bits per heavy atom. The van der Waals surface area contributed by atoms with Crippen LogP contribution in [0.1, 0.15) is 59.3 Å². The van der Waals surface area contributed by atoms with Gasteiger partial charge in [-0.2, -0.15) is 5.26 Å². The average molecular weight is 412 g/mol. The molecule has 1 atom stereocenters. The number of carbonyl (C=O) groups is 1. The Labute approximate surface area is 172 Å². The molecular weight excluding hydrogens is 386 g/mol. The van der Waals surface area contributed by atoms with Gasteiger partial charge in [-0.25, -0.2) is 13.1 Å². The first kappa shape index (κ1) is 21.0. The second kappa shape index (κ2) is 9.21.